The fourth-order valence-electron chi connectivity index (χ4n) is 1.33. The highest BCUT2D eigenvalue weighted by atomic mass is 32.1. The van der Waals surface area contributed by atoms with Crippen molar-refractivity contribution in [2.75, 3.05) is 6.61 Å². The molecule has 1 rings (SSSR count). The lowest BCUT2D eigenvalue weighted by Gasteiger charge is -2.22. The van der Waals surface area contributed by atoms with Crippen molar-refractivity contribution in [1.82, 2.24) is 5.32 Å². The number of aliphatic hydroxyl groups is 1. The minimum atomic E-state index is -0.593. The number of alkyl carbamates (subject to hydrolysis) is 1. The molecular weight excluding hydrogens is 266 g/mol. The van der Waals surface area contributed by atoms with E-state index in [0.29, 0.717) is 5.56 Å². The molecule has 0 aliphatic rings. The van der Waals surface area contributed by atoms with Crippen molar-refractivity contribution in [2.45, 2.75) is 32.4 Å². The van der Waals surface area contributed by atoms with Gasteiger partial charge in [0.25, 0.3) is 0 Å². The number of nitrogens with two attached hydrogens (primary N) is 1. The van der Waals surface area contributed by atoms with Gasteiger partial charge in [0.15, 0.2) is 0 Å². The number of amidine groups is 1. The summed E-state index contributed by atoms with van der Waals surface area (Å²) in [6.45, 7) is 5.04. The predicted molar refractivity (Wildman–Crippen MR) is 74.5 cm³/mol. The van der Waals surface area contributed by atoms with Gasteiger partial charge in [-0.25, -0.2) is 4.79 Å². The van der Waals surface area contributed by atoms with Crippen LogP contribution in [0.3, 0.4) is 0 Å². The van der Waals surface area contributed by atoms with E-state index in [4.69, 9.17) is 15.9 Å². The molecule has 0 aliphatic heterocycles. The molecule has 0 saturated heterocycles. The lowest BCUT2D eigenvalue weighted by Crippen LogP contribution is -2.36. The Labute approximate surface area is 116 Å². The number of hydrogen-bond acceptors (Lipinski definition) is 5. The second kappa shape index (κ2) is 6.03. The number of carbonyl (C=O) groups is 1. The van der Waals surface area contributed by atoms with Crippen LogP contribution >= 0.6 is 11.3 Å². The van der Waals surface area contributed by atoms with Crippen molar-refractivity contribution < 1.29 is 14.6 Å². The Morgan fingerprint density at radius 3 is 2.68 bits per heavy atom. The van der Waals surface area contributed by atoms with Gasteiger partial charge in [0.05, 0.1) is 12.6 Å². The number of nitrogen functional groups attached to an aromatic ring is 1. The number of aliphatic hydroxyl groups excluding tert-OH is 1. The number of rotatable bonds is 4. The molecule has 0 aromatic carbocycles. The standard InChI is InChI=1S/C12H19N3O3S/c1-12(2,3)18-11(17)15-8(5-16)9-4-7(6-19-9)10(13)14/h4,6,8,16H,5H2,1-3H3,(H3,13,14)(H,15,17)/t8-/m1/s1. The zero-order valence-electron chi connectivity index (χ0n) is 11.2. The van der Waals surface area contributed by atoms with E-state index in [0.717, 1.165) is 4.88 Å². The summed E-state index contributed by atoms with van der Waals surface area (Å²) in [5, 5.41) is 20.9. The van der Waals surface area contributed by atoms with Gasteiger partial charge in [0, 0.05) is 15.8 Å². The summed E-state index contributed by atoms with van der Waals surface area (Å²) in [5.74, 6) is -0.0449. The minimum absolute atomic E-state index is 0.0449. The van der Waals surface area contributed by atoms with Crippen LogP contribution in [0, 0.1) is 5.41 Å². The van der Waals surface area contributed by atoms with Crippen molar-refractivity contribution in [1.29, 1.82) is 5.41 Å². The first-order chi connectivity index (χ1) is 8.73. The third-order valence-electron chi connectivity index (χ3n) is 2.15. The average molecular weight is 285 g/mol. The lowest BCUT2D eigenvalue weighted by atomic mass is 10.2. The van der Waals surface area contributed by atoms with Crippen molar-refractivity contribution in [3.63, 3.8) is 0 Å². The van der Waals surface area contributed by atoms with Gasteiger partial charge in [-0.15, -0.1) is 11.3 Å². The number of nitrogens with one attached hydrogen (secondary N) is 2. The SMILES string of the molecule is CC(C)(C)OC(=O)N[C@H](CO)c1cc(C(=N)N)cs1. The van der Waals surface area contributed by atoms with Gasteiger partial charge in [-0.2, -0.15) is 0 Å². The maximum absolute atomic E-state index is 11.6. The lowest BCUT2D eigenvalue weighted by molar-refractivity contribution is 0.0483. The predicted octanol–water partition coefficient (Wildman–Crippen LogP) is 1.59. The Balaban J connectivity index is 2.72. The molecule has 19 heavy (non-hydrogen) atoms. The van der Waals surface area contributed by atoms with E-state index in [1.54, 1.807) is 32.2 Å². The highest BCUT2D eigenvalue weighted by molar-refractivity contribution is 7.10. The van der Waals surface area contributed by atoms with Crippen LogP contribution in [0.4, 0.5) is 4.79 Å². The molecule has 1 aromatic heterocycles. The number of carbonyl (C=O) groups excluding carboxylic acids is 1. The van der Waals surface area contributed by atoms with E-state index in [1.807, 2.05) is 0 Å². The summed E-state index contributed by atoms with van der Waals surface area (Å²) in [6.07, 6.45) is -0.593. The number of thiophene rings is 1. The molecular formula is C12H19N3O3S. The summed E-state index contributed by atoms with van der Waals surface area (Å²) in [7, 11) is 0. The van der Waals surface area contributed by atoms with Crippen molar-refractivity contribution >= 4 is 23.3 Å². The highest BCUT2D eigenvalue weighted by Crippen LogP contribution is 2.22. The normalized spacial score (nSPS) is 12.8. The Morgan fingerprint density at radius 2 is 2.26 bits per heavy atom. The van der Waals surface area contributed by atoms with Gasteiger partial charge < -0.3 is 20.9 Å². The third kappa shape index (κ3) is 4.88. The van der Waals surface area contributed by atoms with E-state index in [1.165, 1.54) is 11.3 Å². The molecule has 6 nitrogen and oxygen atoms in total. The molecule has 0 spiro atoms. The molecule has 0 fully saturated rings. The van der Waals surface area contributed by atoms with E-state index in [2.05, 4.69) is 5.32 Å². The summed E-state index contributed by atoms with van der Waals surface area (Å²) in [4.78, 5) is 12.4. The Hall–Kier alpha value is -1.60. The van der Waals surface area contributed by atoms with Crippen LogP contribution in [0.5, 0.6) is 0 Å². The molecule has 0 radical (unpaired) electrons. The zero-order valence-corrected chi connectivity index (χ0v) is 12.0. The van der Waals surface area contributed by atoms with Crippen molar-refractivity contribution in [3.05, 3.63) is 21.9 Å². The largest absolute Gasteiger partial charge is 0.444 e. The van der Waals surface area contributed by atoms with Gasteiger partial charge in [0.2, 0.25) is 0 Å². The van der Waals surface area contributed by atoms with Crippen LogP contribution in [0.1, 0.15) is 37.3 Å². The molecule has 1 amide bonds. The van der Waals surface area contributed by atoms with Gasteiger partial charge in [0.1, 0.15) is 11.4 Å². The van der Waals surface area contributed by atoms with Gasteiger partial charge in [-0.1, -0.05) is 0 Å². The second-order valence-corrected chi connectivity index (χ2v) is 5.98. The molecule has 0 aliphatic carbocycles. The first-order valence-corrected chi connectivity index (χ1v) is 6.64. The maximum atomic E-state index is 11.6. The summed E-state index contributed by atoms with van der Waals surface area (Å²) < 4.78 is 5.12. The maximum Gasteiger partial charge on any atom is 0.408 e. The molecule has 7 heteroatoms. The molecule has 1 aromatic rings. The number of amides is 1. The molecule has 5 N–H and O–H groups in total. The number of hydrogen-bond donors (Lipinski definition) is 4. The topological polar surface area (TPSA) is 108 Å². The summed E-state index contributed by atoms with van der Waals surface area (Å²) >= 11 is 1.32. The summed E-state index contributed by atoms with van der Waals surface area (Å²) in [5.41, 5.74) is 5.35. The van der Waals surface area contributed by atoms with Gasteiger partial charge in [-0.05, 0) is 26.8 Å². The third-order valence-corrected chi connectivity index (χ3v) is 3.19. The molecule has 0 unspecified atom stereocenters. The van der Waals surface area contributed by atoms with Crippen LogP contribution < -0.4 is 11.1 Å². The fraction of sp³-hybridized carbons (Fsp3) is 0.500. The monoisotopic (exact) mass is 285 g/mol. The van der Waals surface area contributed by atoms with Crippen molar-refractivity contribution in [3.8, 4) is 0 Å². The van der Waals surface area contributed by atoms with Crippen molar-refractivity contribution in [2.24, 2.45) is 5.73 Å². The molecule has 1 heterocycles. The van der Waals surface area contributed by atoms with Crippen LogP contribution in [0.15, 0.2) is 11.4 Å². The van der Waals surface area contributed by atoms with Crippen LogP contribution in [-0.4, -0.2) is 29.2 Å². The Morgan fingerprint density at radius 1 is 1.63 bits per heavy atom. The second-order valence-electron chi connectivity index (χ2n) is 5.03. The van der Waals surface area contributed by atoms with Crippen LogP contribution in [0.2, 0.25) is 0 Å². The minimum Gasteiger partial charge on any atom is -0.444 e. The number of ether oxygens (including phenoxy) is 1. The van der Waals surface area contributed by atoms with E-state index in [-0.39, 0.29) is 12.4 Å². The average Bonchev–Trinajstić information content (AvgIpc) is 2.72. The molecule has 106 valence electrons. The van der Waals surface area contributed by atoms with Gasteiger partial charge >= 0.3 is 6.09 Å². The van der Waals surface area contributed by atoms with E-state index < -0.39 is 17.7 Å². The van der Waals surface area contributed by atoms with Gasteiger partial charge in [-0.3, -0.25) is 5.41 Å². The van der Waals surface area contributed by atoms with Crippen LogP contribution in [0.25, 0.3) is 0 Å². The fourth-order valence-corrected chi connectivity index (χ4v) is 2.28. The smallest absolute Gasteiger partial charge is 0.408 e. The highest BCUT2D eigenvalue weighted by Gasteiger charge is 2.21. The Bertz CT molecular complexity index is 465. The zero-order chi connectivity index (χ0) is 14.6. The first kappa shape index (κ1) is 15.5. The Kier molecular flexibility index (Phi) is 4.90. The molecule has 1 atom stereocenters. The van der Waals surface area contributed by atoms with E-state index in [9.17, 15) is 9.90 Å². The quantitative estimate of drug-likeness (QED) is 0.497. The molecule has 0 bridgehead atoms. The van der Waals surface area contributed by atoms with Crippen LogP contribution in [-0.2, 0) is 4.74 Å². The first-order valence-electron chi connectivity index (χ1n) is 5.76. The summed E-state index contributed by atoms with van der Waals surface area (Å²) in [6, 6.07) is 1.11. The van der Waals surface area contributed by atoms with E-state index >= 15 is 0 Å². The molecule has 0 saturated carbocycles.